The Balaban J connectivity index is 1.06. The topological polar surface area (TPSA) is 68.2 Å². The molecule has 6 heteroatoms. The highest BCUT2D eigenvalue weighted by Crippen LogP contribution is 2.45. The number of rotatable bonds is 7. The molecule has 0 fully saturated rings. The lowest BCUT2D eigenvalue weighted by atomic mass is 10.0. The van der Waals surface area contributed by atoms with E-state index in [2.05, 4.69) is 108 Å². The minimum atomic E-state index is 0.580. The molecule has 11 aromatic rings. The van der Waals surface area contributed by atoms with Crippen LogP contribution in [0.2, 0.25) is 0 Å². The van der Waals surface area contributed by atoms with Crippen molar-refractivity contribution >= 4 is 60.9 Å². The summed E-state index contributed by atoms with van der Waals surface area (Å²) in [6.45, 7) is 0. The second-order valence-corrected chi connectivity index (χ2v) is 14.0. The Morgan fingerprint density at radius 1 is 0.316 bits per heavy atom. The van der Waals surface area contributed by atoms with Crippen LogP contribution >= 0.6 is 0 Å². The van der Waals surface area contributed by atoms with Gasteiger partial charge in [0.25, 0.3) is 0 Å². The van der Waals surface area contributed by atoms with Crippen molar-refractivity contribution in [1.82, 2.24) is 15.0 Å². The first-order chi connectivity index (χ1) is 28.2. The van der Waals surface area contributed by atoms with Crippen molar-refractivity contribution < 1.29 is 8.83 Å². The molecule has 0 radical (unpaired) electrons. The number of anilines is 3. The Kier molecular flexibility index (Phi) is 7.71. The standard InChI is InChI=1S/C51H32N4O2/c1-4-13-33(14-5-1)34-23-26-38(27-24-34)55(43-20-12-22-46-48(43)41-19-10-11-21-44(41)56-46)39-28-30-45-42(32-39)40-29-25-37(31-47(40)57-45)51-53-49(35-15-6-2-7-16-35)52-50(54-51)36-17-8-3-9-18-36/h1-32H. The van der Waals surface area contributed by atoms with Crippen LogP contribution in [0.15, 0.2) is 203 Å². The summed E-state index contributed by atoms with van der Waals surface area (Å²) in [6, 6.07) is 66.4. The number of furan rings is 2. The number of benzene rings is 8. The van der Waals surface area contributed by atoms with Gasteiger partial charge in [0.15, 0.2) is 17.5 Å². The highest BCUT2D eigenvalue weighted by molar-refractivity contribution is 6.14. The lowest BCUT2D eigenvalue weighted by Gasteiger charge is -2.26. The SMILES string of the molecule is c1ccc(-c2ccc(N(c3ccc4oc5cc(-c6nc(-c7ccccc7)nc(-c7ccccc7)n6)ccc5c4c3)c3cccc4oc5ccccc5c34)cc2)cc1. The number of nitrogens with zero attached hydrogens (tertiary/aromatic N) is 4. The molecule has 0 aliphatic carbocycles. The third-order valence-electron chi connectivity index (χ3n) is 10.5. The van der Waals surface area contributed by atoms with Gasteiger partial charge in [0.1, 0.15) is 22.3 Å². The molecule has 0 amide bonds. The Bertz CT molecular complexity index is 3170. The van der Waals surface area contributed by atoms with Crippen LogP contribution < -0.4 is 4.90 Å². The minimum Gasteiger partial charge on any atom is -0.456 e. The van der Waals surface area contributed by atoms with Gasteiger partial charge >= 0.3 is 0 Å². The van der Waals surface area contributed by atoms with Crippen LogP contribution in [0.3, 0.4) is 0 Å². The fourth-order valence-corrected chi connectivity index (χ4v) is 7.78. The van der Waals surface area contributed by atoms with E-state index in [-0.39, 0.29) is 0 Å². The normalized spacial score (nSPS) is 11.5. The first-order valence-corrected chi connectivity index (χ1v) is 18.9. The summed E-state index contributed by atoms with van der Waals surface area (Å²) in [7, 11) is 0. The smallest absolute Gasteiger partial charge is 0.164 e. The summed E-state index contributed by atoms with van der Waals surface area (Å²) in [4.78, 5) is 17.1. The van der Waals surface area contributed by atoms with Crippen LogP contribution in [-0.2, 0) is 0 Å². The van der Waals surface area contributed by atoms with E-state index in [1.165, 1.54) is 5.56 Å². The Morgan fingerprint density at radius 2 is 0.842 bits per heavy atom. The van der Waals surface area contributed by atoms with Gasteiger partial charge in [-0.1, -0.05) is 133 Å². The lowest BCUT2D eigenvalue weighted by molar-refractivity contribution is 0.668. The zero-order valence-corrected chi connectivity index (χ0v) is 30.6. The van der Waals surface area contributed by atoms with Gasteiger partial charge in [-0.05, 0) is 71.8 Å². The number of hydrogen-bond acceptors (Lipinski definition) is 6. The fourth-order valence-electron chi connectivity index (χ4n) is 7.78. The maximum atomic E-state index is 6.57. The molecule has 8 aromatic carbocycles. The molecule has 3 aromatic heterocycles. The van der Waals surface area contributed by atoms with E-state index in [0.717, 1.165) is 83.2 Å². The van der Waals surface area contributed by atoms with Crippen molar-refractivity contribution in [3.63, 3.8) is 0 Å². The number of fused-ring (bicyclic) bond motifs is 6. The monoisotopic (exact) mass is 732 g/mol. The van der Waals surface area contributed by atoms with E-state index in [9.17, 15) is 0 Å². The van der Waals surface area contributed by atoms with Gasteiger partial charge in [-0.15, -0.1) is 0 Å². The highest BCUT2D eigenvalue weighted by Gasteiger charge is 2.21. The van der Waals surface area contributed by atoms with Gasteiger partial charge < -0.3 is 13.7 Å². The molecule has 6 nitrogen and oxygen atoms in total. The molecule has 0 saturated carbocycles. The van der Waals surface area contributed by atoms with Gasteiger partial charge in [0, 0.05) is 44.2 Å². The zero-order valence-electron chi connectivity index (χ0n) is 30.6. The number of hydrogen-bond donors (Lipinski definition) is 0. The Hall–Kier alpha value is -7.83. The Morgan fingerprint density at radius 3 is 1.54 bits per heavy atom. The summed E-state index contributed by atoms with van der Waals surface area (Å²) in [5.74, 6) is 1.81. The van der Waals surface area contributed by atoms with Gasteiger partial charge in [-0.25, -0.2) is 15.0 Å². The molecule has 268 valence electrons. The summed E-state index contributed by atoms with van der Waals surface area (Å²) in [5.41, 5.74) is 11.3. The maximum Gasteiger partial charge on any atom is 0.164 e. The minimum absolute atomic E-state index is 0.580. The number of para-hydroxylation sites is 1. The molecule has 0 spiro atoms. The van der Waals surface area contributed by atoms with Crippen LogP contribution in [0, 0.1) is 0 Å². The predicted molar refractivity (Wildman–Crippen MR) is 231 cm³/mol. The fraction of sp³-hybridized carbons (Fsp3) is 0. The zero-order chi connectivity index (χ0) is 37.7. The predicted octanol–water partition coefficient (Wildman–Crippen LogP) is 13.8. The molecular weight excluding hydrogens is 701 g/mol. The van der Waals surface area contributed by atoms with E-state index in [4.69, 9.17) is 23.8 Å². The average molecular weight is 733 g/mol. The largest absolute Gasteiger partial charge is 0.456 e. The molecule has 3 heterocycles. The van der Waals surface area contributed by atoms with E-state index in [1.807, 2.05) is 91.0 Å². The third kappa shape index (κ3) is 5.79. The lowest BCUT2D eigenvalue weighted by Crippen LogP contribution is -2.10. The molecule has 0 aliphatic heterocycles. The summed E-state index contributed by atoms with van der Waals surface area (Å²) in [5, 5.41) is 4.14. The van der Waals surface area contributed by atoms with Crippen molar-refractivity contribution in [3.05, 3.63) is 194 Å². The van der Waals surface area contributed by atoms with Gasteiger partial charge in [-0.3, -0.25) is 0 Å². The third-order valence-corrected chi connectivity index (χ3v) is 10.5. The second-order valence-electron chi connectivity index (χ2n) is 14.0. The van der Waals surface area contributed by atoms with Crippen LogP contribution in [0.25, 0.3) is 89.2 Å². The van der Waals surface area contributed by atoms with Crippen molar-refractivity contribution in [2.45, 2.75) is 0 Å². The summed E-state index contributed by atoms with van der Waals surface area (Å²) in [6.07, 6.45) is 0. The van der Waals surface area contributed by atoms with Gasteiger partial charge in [0.05, 0.1) is 11.1 Å². The van der Waals surface area contributed by atoms with Crippen LogP contribution in [0.5, 0.6) is 0 Å². The van der Waals surface area contributed by atoms with Crippen LogP contribution in [0.4, 0.5) is 17.1 Å². The molecule has 0 bridgehead atoms. The first kappa shape index (κ1) is 32.6. The van der Waals surface area contributed by atoms with Crippen molar-refractivity contribution in [2.75, 3.05) is 4.90 Å². The molecule has 11 rings (SSSR count). The molecule has 0 saturated heterocycles. The first-order valence-electron chi connectivity index (χ1n) is 18.9. The molecule has 0 aliphatic rings. The van der Waals surface area contributed by atoms with Crippen molar-refractivity contribution in [2.24, 2.45) is 0 Å². The van der Waals surface area contributed by atoms with E-state index in [1.54, 1.807) is 0 Å². The molecule has 0 atom stereocenters. The average Bonchev–Trinajstić information content (AvgIpc) is 3.86. The summed E-state index contributed by atoms with van der Waals surface area (Å²) >= 11 is 0. The van der Waals surface area contributed by atoms with E-state index in [0.29, 0.717) is 17.5 Å². The van der Waals surface area contributed by atoms with Crippen molar-refractivity contribution in [1.29, 1.82) is 0 Å². The highest BCUT2D eigenvalue weighted by atomic mass is 16.3. The van der Waals surface area contributed by atoms with E-state index >= 15 is 0 Å². The quantitative estimate of drug-likeness (QED) is 0.162. The van der Waals surface area contributed by atoms with E-state index < -0.39 is 0 Å². The summed E-state index contributed by atoms with van der Waals surface area (Å²) < 4.78 is 12.9. The molecule has 0 unspecified atom stereocenters. The van der Waals surface area contributed by atoms with Crippen LogP contribution in [-0.4, -0.2) is 15.0 Å². The number of aromatic nitrogens is 3. The maximum absolute atomic E-state index is 6.57. The van der Waals surface area contributed by atoms with Crippen LogP contribution in [0.1, 0.15) is 0 Å². The van der Waals surface area contributed by atoms with Gasteiger partial charge in [-0.2, -0.15) is 0 Å². The van der Waals surface area contributed by atoms with Crippen molar-refractivity contribution in [3.8, 4) is 45.3 Å². The second kappa shape index (κ2) is 13.5. The molecule has 0 N–H and O–H groups in total. The molecular formula is C51H32N4O2. The van der Waals surface area contributed by atoms with Gasteiger partial charge in [0.2, 0.25) is 0 Å². The molecule has 57 heavy (non-hydrogen) atoms. The Labute approximate surface area is 328 Å².